The summed E-state index contributed by atoms with van der Waals surface area (Å²) in [5.74, 6) is -0.760. The van der Waals surface area contributed by atoms with Gasteiger partial charge in [0.05, 0.1) is 31.1 Å². The van der Waals surface area contributed by atoms with Gasteiger partial charge in [0.1, 0.15) is 5.75 Å². The second-order valence-corrected chi connectivity index (χ2v) is 9.82. The van der Waals surface area contributed by atoms with E-state index in [-0.39, 0.29) is 35.6 Å². The van der Waals surface area contributed by atoms with Crippen LogP contribution >= 0.6 is 11.8 Å². The van der Waals surface area contributed by atoms with Crippen LogP contribution in [0.4, 0.5) is 0 Å². The molecule has 8 nitrogen and oxygen atoms in total. The van der Waals surface area contributed by atoms with Crippen molar-refractivity contribution in [1.82, 2.24) is 4.90 Å². The summed E-state index contributed by atoms with van der Waals surface area (Å²) in [4.78, 5) is 28.6. The lowest BCUT2D eigenvalue weighted by molar-refractivity contribution is -0.138. The van der Waals surface area contributed by atoms with Crippen molar-refractivity contribution in [3.05, 3.63) is 29.8 Å². The van der Waals surface area contributed by atoms with E-state index in [0.29, 0.717) is 17.5 Å². The van der Waals surface area contributed by atoms with E-state index in [1.165, 1.54) is 11.8 Å². The predicted molar refractivity (Wildman–Crippen MR) is 102 cm³/mol. The minimum atomic E-state index is -3.11. The van der Waals surface area contributed by atoms with E-state index in [0.717, 1.165) is 5.56 Å². The minimum absolute atomic E-state index is 0.0309. The van der Waals surface area contributed by atoms with E-state index in [2.05, 4.69) is 4.99 Å². The quantitative estimate of drug-likeness (QED) is 0.740. The molecule has 27 heavy (non-hydrogen) atoms. The van der Waals surface area contributed by atoms with Gasteiger partial charge in [-0.3, -0.25) is 9.59 Å². The maximum Gasteiger partial charge on any atom is 0.303 e. The number of thioether (sulfide) groups is 1. The topological polar surface area (TPSA) is 113 Å². The summed E-state index contributed by atoms with van der Waals surface area (Å²) in [6, 6.07) is 7.15. The lowest BCUT2D eigenvalue weighted by atomic mass is 10.1. The van der Waals surface area contributed by atoms with Crippen LogP contribution in [0.1, 0.15) is 18.4 Å². The molecule has 0 radical (unpaired) electrons. The van der Waals surface area contributed by atoms with Crippen LogP contribution in [0.25, 0.3) is 0 Å². The number of carbonyl (C=O) groups excluding carboxylic acids is 1. The zero-order valence-electron chi connectivity index (χ0n) is 14.7. The van der Waals surface area contributed by atoms with E-state index >= 15 is 0 Å². The fourth-order valence-electron chi connectivity index (χ4n) is 3.12. The molecule has 10 heteroatoms. The molecule has 2 fully saturated rings. The fraction of sp³-hybridized carbons (Fsp3) is 0.471. The molecule has 0 aromatic heterocycles. The molecule has 1 aromatic carbocycles. The Kier molecular flexibility index (Phi) is 5.75. The van der Waals surface area contributed by atoms with E-state index < -0.39 is 21.7 Å². The SMILES string of the molecule is COc1ccc(CN2C(=NC(=O)CCC(=O)O)S[C@H]3CS(=O)(=O)C[C@@H]32)cc1. The van der Waals surface area contributed by atoms with Crippen molar-refractivity contribution in [3.63, 3.8) is 0 Å². The van der Waals surface area contributed by atoms with Gasteiger partial charge in [-0.1, -0.05) is 23.9 Å². The predicted octanol–water partition coefficient (Wildman–Crippen LogP) is 1.16. The summed E-state index contributed by atoms with van der Waals surface area (Å²) >= 11 is 1.28. The van der Waals surface area contributed by atoms with Crippen molar-refractivity contribution in [2.75, 3.05) is 18.6 Å². The van der Waals surface area contributed by atoms with Crippen LogP contribution in [0.3, 0.4) is 0 Å². The smallest absolute Gasteiger partial charge is 0.303 e. The van der Waals surface area contributed by atoms with Crippen molar-refractivity contribution in [2.45, 2.75) is 30.7 Å². The number of carbonyl (C=O) groups is 2. The Morgan fingerprint density at radius 2 is 1.96 bits per heavy atom. The van der Waals surface area contributed by atoms with Crippen LogP contribution in [-0.4, -0.2) is 65.4 Å². The summed E-state index contributed by atoms with van der Waals surface area (Å²) in [5.41, 5.74) is 0.937. The molecule has 0 unspecified atom stereocenters. The second-order valence-electron chi connectivity index (χ2n) is 6.46. The molecule has 3 rings (SSSR count). The first-order valence-corrected chi connectivity index (χ1v) is 11.1. The summed E-state index contributed by atoms with van der Waals surface area (Å²) in [7, 11) is -1.54. The Morgan fingerprint density at radius 1 is 1.26 bits per heavy atom. The van der Waals surface area contributed by atoms with Crippen molar-refractivity contribution >= 4 is 38.6 Å². The van der Waals surface area contributed by atoms with Crippen LogP contribution in [0.2, 0.25) is 0 Å². The molecule has 0 spiro atoms. The number of aliphatic imine (C=N–C) groups is 1. The number of amidine groups is 1. The van der Waals surface area contributed by atoms with Crippen LogP contribution in [0.5, 0.6) is 5.75 Å². The molecule has 2 aliphatic rings. The van der Waals surface area contributed by atoms with Gasteiger partial charge in [-0.15, -0.1) is 0 Å². The minimum Gasteiger partial charge on any atom is -0.497 e. The summed E-state index contributed by atoms with van der Waals surface area (Å²) in [5, 5.41) is 9.01. The number of carboxylic acids is 1. The zero-order valence-corrected chi connectivity index (χ0v) is 16.3. The summed E-state index contributed by atoms with van der Waals surface area (Å²) in [6.45, 7) is 0.415. The Labute approximate surface area is 161 Å². The molecule has 0 saturated carbocycles. The molecular formula is C17H20N2O6S2. The van der Waals surface area contributed by atoms with Crippen molar-refractivity contribution in [3.8, 4) is 5.75 Å². The number of ether oxygens (including phenoxy) is 1. The highest BCUT2D eigenvalue weighted by Gasteiger charge is 2.48. The summed E-state index contributed by atoms with van der Waals surface area (Å²) < 4.78 is 29.1. The highest BCUT2D eigenvalue weighted by molar-refractivity contribution is 8.15. The Bertz CT molecular complexity index is 866. The maximum absolute atomic E-state index is 12.0. The molecule has 2 heterocycles. The largest absolute Gasteiger partial charge is 0.497 e. The molecule has 0 bridgehead atoms. The maximum atomic E-state index is 12.0. The highest BCUT2D eigenvalue weighted by atomic mass is 32.2. The number of hydrogen-bond acceptors (Lipinski definition) is 6. The number of sulfone groups is 1. The standard InChI is InChI=1S/C17H20N2O6S2/c1-25-12-4-2-11(3-5-12)8-19-13-9-27(23,24)10-14(13)26-17(19)18-15(20)6-7-16(21)22/h2-5,13-14H,6-10H2,1H3,(H,21,22)/t13-,14-/m0/s1. The van der Waals surface area contributed by atoms with Crippen LogP contribution in [0, 0.1) is 0 Å². The van der Waals surface area contributed by atoms with Crippen LogP contribution in [-0.2, 0) is 26.0 Å². The van der Waals surface area contributed by atoms with Gasteiger partial charge < -0.3 is 14.7 Å². The van der Waals surface area contributed by atoms with E-state index in [1.807, 2.05) is 29.2 Å². The number of benzene rings is 1. The first kappa shape index (κ1) is 19.7. The van der Waals surface area contributed by atoms with Gasteiger partial charge in [-0.05, 0) is 17.7 Å². The molecule has 0 aliphatic carbocycles. The van der Waals surface area contributed by atoms with E-state index in [9.17, 15) is 18.0 Å². The van der Waals surface area contributed by atoms with Gasteiger partial charge in [-0.2, -0.15) is 4.99 Å². The van der Waals surface area contributed by atoms with Gasteiger partial charge in [0.25, 0.3) is 0 Å². The Morgan fingerprint density at radius 3 is 2.59 bits per heavy atom. The van der Waals surface area contributed by atoms with Gasteiger partial charge in [0, 0.05) is 18.2 Å². The molecule has 146 valence electrons. The normalized spacial score (nSPS) is 24.8. The first-order chi connectivity index (χ1) is 12.8. The zero-order chi connectivity index (χ0) is 19.6. The van der Waals surface area contributed by atoms with Gasteiger partial charge in [-0.25, -0.2) is 8.42 Å². The first-order valence-electron chi connectivity index (χ1n) is 8.37. The number of fused-ring (bicyclic) bond motifs is 1. The third-order valence-electron chi connectivity index (χ3n) is 4.46. The third-order valence-corrected chi connectivity index (χ3v) is 7.71. The summed E-state index contributed by atoms with van der Waals surface area (Å²) in [6.07, 6.45) is -0.455. The molecule has 1 N–H and O–H groups in total. The van der Waals surface area contributed by atoms with Crippen molar-refractivity contribution < 1.29 is 27.9 Å². The third kappa shape index (κ3) is 4.81. The number of methoxy groups -OCH3 is 1. The second kappa shape index (κ2) is 7.89. The van der Waals surface area contributed by atoms with Crippen LogP contribution < -0.4 is 4.74 Å². The Hall–Kier alpha value is -2.07. The number of aliphatic carboxylic acids is 1. The molecule has 2 saturated heterocycles. The average Bonchev–Trinajstić information content (AvgIpc) is 3.06. The van der Waals surface area contributed by atoms with Crippen molar-refractivity contribution in [2.24, 2.45) is 4.99 Å². The number of hydrogen-bond donors (Lipinski definition) is 1. The number of rotatable bonds is 6. The van der Waals surface area contributed by atoms with Crippen molar-refractivity contribution in [1.29, 1.82) is 0 Å². The monoisotopic (exact) mass is 412 g/mol. The van der Waals surface area contributed by atoms with Gasteiger partial charge in [0.2, 0.25) is 5.91 Å². The molecule has 2 atom stereocenters. The molecule has 1 aromatic rings. The van der Waals surface area contributed by atoms with Crippen LogP contribution in [0.15, 0.2) is 29.3 Å². The average molecular weight is 412 g/mol. The lowest BCUT2D eigenvalue weighted by Gasteiger charge is -2.24. The van der Waals surface area contributed by atoms with E-state index in [1.54, 1.807) is 7.11 Å². The fourth-order valence-corrected chi connectivity index (χ4v) is 7.09. The van der Waals surface area contributed by atoms with Gasteiger partial charge >= 0.3 is 5.97 Å². The highest BCUT2D eigenvalue weighted by Crippen LogP contribution is 2.39. The molecular weight excluding hydrogens is 392 g/mol. The Balaban J connectivity index is 1.81. The van der Waals surface area contributed by atoms with Gasteiger partial charge in [0.15, 0.2) is 15.0 Å². The molecule has 1 amide bonds. The molecule has 2 aliphatic heterocycles. The van der Waals surface area contributed by atoms with E-state index in [4.69, 9.17) is 9.84 Å². The lowest BCUT2D eigenvalue weighted by Crippen LogP contribution is -2.37. The number of carboxylic acid groups (broad SMARTS) is 1. The number of nitrogens with zero attached hydrogens (tertiary/aromatic N) is 2. The number of amides is 1.